The Morgan fingerprint density at radius 2 is 1.32 bits per heavy atom. The van der Waals surface area contributed by atoms with Gasteiger partial charge in [0.25, 0.3) is 0 Å². The smallest absolute Gasteiger partial charge is 0.157 e. The molecule has 0 bridgehead atoms. The maximum Gasteiger partial charge on any atom is 0.157 e. The minimum absolute atomic E-state index is 0.0690. The summed E-state index contributed by atoms with van der Waals surface area (Å²) in [5.41, 5.74) is 0. The molecule has 0 aromatic rings. The van der Waals surface area contributed by atoms with Crippen molar-refractivity contribution in [1.82, 2.24) is 0 Å². The third-order valence-corrected chi connectivity index (χ3v) is 7.40. The van der Waals surface area contributed by atoms with Gasteiger partial charge in [-0.15, -0.1) is 0 Å². The molecule has 2 aliphatic carbocycles. The first-order chi connectivity index (χ1) is 13.7. The van der Waals surface area contributed by atoms with Gasteiger partial charge in [-0.25, -0.2) is 8.78 Å². The predicted molar refractivity (Wildman–Crippen MR) is 115 cm³/mol. The maximum absolute atomic E-state index is 14.9. The Balaban J connectivity index is 1.63. The highest BCUT2D eigenvalue weighted by molar-refractivity contribution is 4.93. The Labute approximate surface area is 173 Å². The van der Waals surface area contributed by atoms with E-state index < -0.39 is 18.4 Å². The van der Waals surface area contributed by atoms with Gasteiger partial charge in [0, 0.05) is 6.61 Å². The molecule has 0 saturated heterocycles. The van der Waals surface area contributed by atoms with Gasteiger partial charge in [-0.05, 0) is 49.9 Å². The highest BCUT2D eigenvalue weighted by atomic mass is 19.2. The summed E-state index contributed by atoms with van der Waals surface area (Å²) in [6, 6.07) is 0. The van der Waals surface area contributed by atoms with Gasteiger partial charge in [0.2, 0.25) is 0 Å². The van der Waals surface area contributed by atoms with Crippen LogP contribution in [0.5, 0.6) is 0 Å². The lowest BCUT2D eigenvalue weighted by molar-refractivity contribution is -0.0880. The molecule has 4 unspecified atom stereocenters. The van der Waals surface area contributed by atoms with Gasteiger partial charge in [0.1, 0.15) is 6.17 Å². The topological polar surface area (TPSA) is 9.23 Å². The van der Waals surface area contributed by atoms with Gasteiger partial charge in [-0.1, -0.05) is 84.5 Å². The highest BCUT2D eigenvalue weighted by Gasteiger charge is 2.44. The molecular weight excluding hydrogens is 354 g/mol. The molecule has 0 radical (unpaired) electrons. The van der Waals surface area contributed by atoms with Crippen molar-refractivity contribution in [3.8, 4) is 0 Å². The molecule has 2 aliphatic rings. The second kappa shape index (κ2) is 13.9. The van der Waals surface area contributed by atoms with Crippen LogP contribution in [0.3, 0.4) is 0 Å². The third kappa shape index (κ3) is 7.92. The number of hydrogen-bond donors (Lipinski definition) is 0. The van der Waals surface area contributed by atoms with Crippen molar-refractivity contribution in [3.05, 3.63) is 0 Å². The van der Waals surface area contributed by atoms with Gasteiger partial charge in [-0.3, -0.25) is 0 Å². The van der Waals surface area contributed by atoms with Crippen LogP contribution in [-0.4, -0.2) is 25.1 Å². The minimum atomic E-state index is -1.42. The molecule has 2 rings (SSSR count). The van der Waals surface area contributed by atoms with Crippen LogP contribution in [0.25, 0.3) is 0 Å². The molecule has 28 heavy (non-hydrogen) atoms. The molecule has 0 N–H and O–H groups in total. The second-order valence-electron chi connectivity index (χ2n) is 9.58. The Bertz CT molecular complexity index is 381. The standard InChI is InChI=1S/C25H46F2O/c1-3-5-7-8-9-11-19-28-23-18-17-22(24(26)25(23)27)21-15-13-20(14-16-21)12-10-6-4-2/h20-25H,3-19H2,1-2H3. The average molecular weight is 401 g/mol. The molecule has 0 heterocycles. The Kier molecular flexibility index (Phi) is 12.0. The highest BCUT2D eigenvalue weighted by Crippen LogP contribution is 2.43. The van der Waals surface area contributed by atoms with E-state index in [9.17, 15) is 8.78 Å². The SMILES string of the molecule is CCCCCCCCOC1CCC(C2CCC(CCCCC)CC2)C(F)C1F. The van der Waals surface area contributed by atoms with Crippen molar-refractivity contribution >= 4 is 0 Å². The van der Waals surface area contributed by atoms with E-state index in [-0.39, 0.29) is 5.92 Å². The molecule has 2 fully saturated rings. The van der Waals surface area contributed by atoms with E-state index in [2.05, 4.69) is 13.8 Å². The summed E-state index contributed by atoms with van der Waals surface area (Å²) >= 11 is 0. The largest absolute Gasteiger partial charge is 0.375 e. The van der Waals surface area contributed by atoms with E-state index in [1.54, 1.807) is 0 Å². The zero-order valence-electron chi connectivity index (χ0n) is 18.6. The number of unbranched alkanes of at least 4 members (excludes halogenated alkanes) is 7. The van der Waals surface area contributed by atoms with Crippen LogP contribution in [0.2, 0.25) is 0 Å². The summed E-state index contributed by atoms with van der Waals surface area (Å²) in [7, 11) is 0. The van der Waals surface area contributed by atoms with Gasteiger partial charge in [0.15, 0.2) is 6.17 Å². The fourth-order valence-electron chi connectivity index (χ4n) is 5.49. The number of rotatable bonds is 13. The van der Waals surface area contributed by atoms with Crippen molar-refractivity contribution < 1.29 is 13.5 Å². The van der Waals surface area contributed by atoms with E-state index in [1.165, 1.54) is 64.2 Å². The number of halogens is 2. The summed E-state index contributed by atoms with van der Waals surface area (Å²) in [6.45, 7) is 5.06. The number of ether oxygens (including phenoxy) is 1. The van der Waals surface area contributed by atoms with Crippen LogP contribution in [0.4, 0.5) is 8.78 Å². The second-order valence-corrected chi connectivity index (χ2v) is 9.58. The number of hydrogen-bond acceptors (Lipinski definition) is 1. The fourth-order valence-corrected chi connectivity index (χ4v) is 5.49. The lowest BCUT2D eigenvalue weighted by Gasteiger charge is -2.41. The van der Waals surface area contributed by atoms with Gasteiger partial charge < -0.3 is 4.74 Å². The first-order valence-electron chi connectivity index (χ1n) is 12.6. The van der Waals surface area contributed by atoms with Crippen molar-refractivity contribution in [3.63, 3.8) is 0 Å². The molecule has 0 aromatic heterocycles. The summed E-state index contributed by atoms with van der Waals surface area (Å²) in [4.78, 5) is 0. The first-order valence-corrected chi connectivity index (χ1v) is 12.6. The van der Waals surface area contributed by atoms with E-state index >= 15 is 0 Å². The summed E-state index contributed by atoms with van der Waals surface area (Å²) in [5, 5.41) is 0. The predicted octanol–water partition coefficient (Wildman–Crippen LogP) is 8.21. The van der Waals surface area contributed by atoms with Gasteiger partial charge >= 0.3 is 0 Å². The molecule has 2 saturated carbocycles. The molecule has 3 heteroatoms. The lowest BCUT2D eigenvalue weighted by atomic mass is 9.69. The average Bonchev–Trinajstić information content (AvgIpc) is 2.71. The first kappa shape index (κ1) is 24.1. The van der Waals surface area contributed by atoms with E-state index in [4.69, 9.17) is 4.74 Å². The van der Waals surface area contributed by atoms with Crippen LogP contribution in [0.15, 0.2) is 0 Å². The van der Waals surface area contributed by atoms with E-state index in [0.717, 1.165) is 38.0 Å². The molecule has 1 nitrogen and oxygen atoms in total. The Morgan fingerprint density at radius 1 is 0.679 bits per heavy atom. The molecule has 166 valence electrons. The van der Waals surface area contributed by atoms with Crippen molar-refractivity contribution in [2.75, 3.05) is 6.61 Å². The van der Waals surface area contributed by atoms with E-state index in [0.29, 0.717) is 18.9 Å². The molecule has 4 atom stereocenters. The van der Waals surface area contributed by atoms with Crippen LogP contribution < -0.4 is 0 Å². The van der Waals surface area contributed by atoms with Gasteiger partial charge in [-0.2, -0.15) is 0 Å². The molecule has 0 spiro atoms. The zero-order chi connectivity index (χ0) is 20.2. The van der Waals surface area contributed by atoms with Crippen LogP contribution in [0, 0.1) is 17.8 Å². The molecule has 0 amide bonds. The van der Waals surface area contributed by atoms with Crippen molar-refractivity contribution in [2.24, 2.45) is 17.8 Å². The normalized spacial score (nSPS) is 33.9. The minimum Gasteiger partial charge on any atom is -0.375 e. The summed E-state index contributed by atoms with van der Waals surface area (Å²) in [6.07, 6.45) is 15.4. The fraction of sp³-hybridized carbons (Fsp3) is 1.00. The molecular formula is C25H46F2O. The maximum atomic E-state index is 14.9. The van der Waals surface area contributed by atoms with Crippen molar-refractivity contribution in [2.45, 2.75) is 135 Å². The van der Waals surface area contributed by atoms with Crippen LogP contribution in [-0.2, 0) is 4.74 Å². The lowest BCUT2D eigenvalue weighted by Crippen LogP contribution is -2.45. The quantitative estimate of drug-likeness (QED) is 0.283. The van der Waals surface area contributed by atoms with Crippen molar-refractivity contribution in [1.29, 1.82) is 0 Å². The number of alkyl halides is 2. The Hall–Kier alpha value is -0.180. The third-order valence-electron chi connectivity index (χ3n) is 7.40. The van der Waals surface area contributed by atoms with Gasteiger partial charge in [0.05, 0.1) is 6.10 Å². The molecule has 0 aliphatic heterocycles. The summed E-state index contributed by atoms with van der Waals surface area (Å²) in [5.74, 6) is 1.16. The zero-order valence-corrected chi connectivity index (χ0v) is 18.6. The summed E-state index contributed by atoms with van der Waals surface area (Å²) < 4.78 is 35.4. The Morgan fingerprint density at radius 3 is 2.04 bits per heavy atom. The van der Waals surface area contributed by atoms with E-state index in [1.807, 2.05) is 0 Å². The van der Waals surface area contributed by atoms with Crippen LogP contribution in [0.1, 0.15) is 117 Å². The molecule has 0 aromatic carbocycles. The van der Waals surface area contributed by atoms with Crippen LogP contribution >= 0.6 is 0 Å². The monoisotopic (exact) mass is 400 g/mol.